The number of nitrogens with one attached hydrogen (secondary N) is 2. The standard InChI is InChI=1S/C14H17Cl2N3O2/c1-19(2)8-7-17-13(20)5-6-14(21)18-10-3-4-11(15)12(16)9-10/h3-6,9H,7-8H2,1-2H3,(H,17,20)(H,18,21)/b6-5-. The van der Waals surface area contributed by atoms with E-state index in [0.717, 1.165) is 12.6 Å². The highest BCUT2D eigenvalue weighted by Gasteiger charge is 2.03. The third-order valence-corrected chi connectivity index (χ3v) is 3.17. The monoisotopic (exact) mass is 329 g/mol. The molecule has 0 heterocycles. The number of carbonyl (C=O) groups excluding carboxylic acids is 2. The molecule has 0 spiro atoms. The van der Waals surface area contributed by atoms with Gasteiger partial charge in [0.25, 0.3) is 0 Å². The molecule has 1 aromatic rings. The van der Waals surface area contributed by atoms with Gasteiger partial charge >= 0.3 is 0 Å². The number of hydrogen-bond acceptors (Lipinski definition) is 3. The predicted octanol–water partition coefficient (Wildman–Crippen LogP) is 2.17. The molecule has 21 heavy (non-hydrogen) atoms. The topological polar surface area (TPSA) is 61.4 Å². The highest BCUT2D eigenvalue weighted by molar-refractivity contribution is 6.42. The Morgan fingerprint density at radius 3 is 2.43 bits per heavy atom. The predicted molar refractivity (Wildman–Crippen MR) is 85.8 cm³/mol. The van der Waals surface area contributed by atoms with Crippen LogP contribution in [0, 0.1) is 0 Å². The van der Waals surface area contributed by atoms with E-state index in [1.165, 1.54) is 12.1 Å². The molecule has 0 aliphatic carbocycles. The first kappa shape index (κ1) is 17.5. The molecule has 2 N–H and O–H groups in total. The molecule has 0 fully saturated rings. The molecule has 1 rings (SSSR count). The second-order valence-electron chi connectivity index (χ2n) is 4.55. The van der Waals surface area contributed by atoms with Crippen LogP contribution in [0.15, 0.2) is 30.4 Å². The minimum Gasteiger partial charge on any atom is -0.351 e. The summed E-state index contributed by atoms with van der Waals surface area (Å²) in [5.74, 6) is -0.739. The number of hydrogen-bond donors (Lipinski definition) is 2. The molecule has 0 aliphatic heterocycles. The van der Waals surface area contributed by atoms with Crippen LogP contribution in [0.1, 0.15) is 0 Å². The fourth-order valence-corrected chi connectivity index (χ4v) is 1.67. The maximum Gasteiger partial charge on any atom is 0.248 e. The van der Waals surface area contributed by atoms with Crippen molar-refractivity contribution < 1.29 is 9.59 Å². The lowest BCUT2D eigenvalue weighted by Gasteiger charge is -2.08. The van der Waals surface area contributed by atoms with Crippen molar-refractivity contribution in [2.75, 3.05) is 32.5 Å². The van der Waals surface area contributed by atoms with E-state index in [9.17, 15) is 9.59 Å². The first-order valence-corrected chi connectivity index (χ1v) is 7.01. The largest absolute Gasteiger partial charge is 0.351 e. The van der Waals surface area contributed by atoms with Gasteiger partial charge in [-0.15, -0.1) is 0 Å². The van der Waals surface area contributed by atoms with Crippen LogP contribution in [0.3, 0.4) is 0 Å². The molecule has 0 bridgehead atoms. The molecule has 0 saturated heterocycles. The van der Waals surface area contributed by atoms with E-state index in [1.807, 2.05) is 19.0 Å². The molecule has 7 heteroatoms. The van der Waals surface area contributed by atoms with Gasteiger partial charge in [0.05, 0.1) is 10.0 Å². The molecular weight excluding hydrogens is 313 g/mol. The van der Waals surface area contributed by atoms with Gasteiger partial charge in [0.15, 0.2) is 0 Å². The number of nitrogens with zero attached hydrogens (tertiary/aromatic N) is 1. The summed E-state index contributed by atoms with van der Waals surface area (Å²) in [6.45, 7) is 1.25. The molecule has 2 amide bonds. The van der Waals surface area contributed by atoms with Gasteiger partial charge in [0.2, 0.25) is 11.8 Å². The second kappa shape index (κ2) is 8.67. The molecule has 5 nitrogen and oxygen atoms in total. The van der Waals surface area contributed by atoms with Crippen molar-refractivity contribution in [1.82, 2.24) is 10.2 Å². The van der Waals surface area contributed by atoms with Gasteiger partial charge in [-0.2, -0.15) is 0 Å². The maximum atomic E-state index is 11.6. The van der Waals surface area contributed by atoms with E-state index >= 15 is 0 Å². The van der Waals surface area contributed by atoms with E-state index < -0.39 is 5.91 Å². The molecule has 0 radical (unpaired) electrons. The van der Waals surface area contributed by atoms with Crippen LogP contribution in [0.4, 0.5) is 5.69 Å². The van der Waals surface area contributed by atoms with Gasteiger partial charge in [-0.05, 0) is 32.3 Å². The van der Waals surface area contributed by atoms with Crippen molar-refractivity contribution in [1.29, 1.82) is 0 Å². The van der Waals surface area contributed by atoms with Crippen molar-refractivity contribution in [3.05, 3.63) is 40.4 Å². The summed E-state index contributed by atoms with van der Waals surface area (Å²) >= 11 is 11.6. The lowest BCUT2D eigenvalue weighted by atomic mass is 10.3. The van der Waals surface area contributed by atoms with Crippen LogP contribution >= 0.6 is 23.2 Å². The van der Waals surface area contributed by atoms with E-state index in [2.05, 4.69) is 10.6 Å². The summed E-state index contributed by atoms with van der Waals surface area (Å²) in [4.78, 5) is 25.0. The Hall–Kier alpha value is -1.56. The van der Waals surface area contributed by atoms with Gasteiger partial charge in [-0.1, -0.05) is 23.2 Å². The SMILES string of the molecule is CN(C)CCNC(=O)/C=C\C(=O)Nc1ccc(Cl)c(Cl)c1. The summed E-state index contributed by atoms with van der Waals surface area (Å²) in [5, 5.41) is 6.00. The molecule has 0 unspecified atom stereocenters. The molecule has 0 saturated carbocycles. The summed E-state index contributed by atoms with van der Waals surface area (Å²) < 4.78 is 0. The number of halogens is 2. The number of likely N-dealkylation sites (N-methyl/N-ethyl adjacent to an activating group) is 1. The van der Waals surface area contributed by atoms with Crippen LogP contribution in [-0.4, -0.2) is 43.9 Å². The van der Waals surface area contributed by atoms with E-state index in [4.69, 9.17) is 23.2 Å². The Morgan fingerprint density at radius 2 is 1.81 bits per heavy atom. The van der Waals surface area contributed by atoms with Gasteiger partial charge < -0.3 is 15.5 Å². The van der Waals surface area contributed by atoms with Crippen molar-refractivity contribution >= 4 is 40.7 Å². The minimum atomic E-state index is -0.420. The van der Waals surface area contributed by atoms with E-state index in [-0.39, 0.29) is 5.91 Å². The third-order valence-electron chi connectivity index (χ3n) is 2.43. The Balaban J connectivity index is 2.43. The summed E-state index contributed by atoms with van der Waals surface area (Å²) in [6, 6.07) is 4.74. The normalized spacial score (nSPS) is 10.9. The zero-order chi connectivity index (χ0) is 15.8. The highest BCUT2D eigenvalue weighted by atomic mass is 35.5. The van der Waals surface area contributed by atoms with Crippen LogP contribution in [0.25, 0.3) is 0 Å². The molecular formula is C14H17Cl2N3O2. The first-order valence-electron chi connectivity index (χ1n) is 6.25. The smallest absolute Gasteiger partial charge is 0.248 e. The third kappa shape index (κ3) is 7.13. The van der Waals surface area contributed by atoms with Crippen LogP contribution < -0.4 is 10.6 Å². The lowest BCUT2D eigenvalue weighted by molar-refractivity contribution is -0.117. The fraction of sp³-hybridized carbons (Fsp3) is 0.286. The Kier molecular flexibility index (Phi) is 7.22. The number of rotatable bonds is 6. The summed E-state index contributed by atoms with van der Waals surface area (Å²) in [7, 11) is 3.82. The van der Waals surface area contributed by atoms with Crippen molar-refractivity contribution in [3.8, 4) is 0 Å². The Morgan fingerprint density at radius 1 is 1.14 bits per heavy atom. The first-order chi connectivity index (χ1) is 9.88. The number of benzene rings is 1. The Bertz CT molecular complexity index is 545. The highest BCUT2D eigenvalue weighted by Crippen LogP contribution is 2.24. The molecule has 114 valence electrons. The second-order valence-corrected chi connectivity index (χ2v) is 5.36. The van der Waals surface area contributed by atoms with Gasteiger partial charge in [-0.3, -0.25) is 9.59 Å². The quantitative estimate of drug-likeness (QED) is 0.786. The molecule has 1 aromatic carbocycles. The maximum absolute atomic E-state index is 11.6. The van der Waals surface area contributed by atoms with Crippen molar-refractivity contribution in [2.45, 2.75) is 0 Å². The fourth-order valence-electron chi connectivity index (χ4n) is 1.37. The van der Waals surface area contributed by atoms with Gasteiger partial charge in [-0.25, -0.2) is 0 Å². The zero-order valence-electron chi connectivity index (χ0n) is 11.8. The van der Waals surface area contributed by atoms with E-state index in [0.29, 0.717) is 22.3 Å². The molecule has 0 aliphatic rings. The van der Waals surface area contributed by atoms with Crippen LogP contribution in [0.2, 0.25) is 10.0 Å². The average molecular weight is 330 g/mol. The van der Waals surface area contributed by atoms with Gasteiger partial charge in [0, 0.05) is 30.9 Å². The number of anilines is 1. The minimum absolute atomic E-state index is 0.318. The average Bonchev–Trinajstić information content (AvgIpc) is 2.40. The summed E-state index contributed by atoms with van der Waals surface area (Å²) in [6.07, 6.45) is 2.34. The van der Waals surface area contributed by atoms with Crippen LogP contribution in [-0.2, 0) is 9.59 Å². The van der Waals surface area contributed by atoms with Crippen molar-refractivity contribution in [2.24, 2.45) is 0 Å². The zero-order valence-corrected chi connectivity index (χ0v) is 13.3. The Labute approximate surface area is 133 Å². The van der Waals surface area contributed by atoms with Gasteiger partial charge in [0.1, 0.15) is 0 Å². The van der Waals surface area contributed by atoms with Crippen LogP contribution in [0.5, 0.6) is 0 Å². The lowest BCUT2D eigenvalue weighted by Crippen LogP contribution is -2.30. The van der Waals surface area contributed by atoms with E-state index in [1.54, 1.807) is 12.1 Å². The van der Waals surface area contributed by atoms with Crippen molar-refractivity contribution in [3.63, 3.8) is 0 Å². The summed E-state index contributed by atoms with van der Waals surface area (Å²) in [5.41, 5.74) is 0.507. The molecule has 0 atom stereocenters. The number of carbonyl (C=O) groups is 2. The molecule has 0 aromatic heterocycles. The number of amides is 2.